The Balaban J connectivity index is 2.10. The fourth-order valence-corrected chi connectivity index (χ4v) is 3.10. The summed E-state index contributed by atoms with van der Waals surface area (Å²) in [6.07, 6.45) is 1.63. The molecule has 0 aliphatic heterocycles. The normalized spacial score (nSPS) is 11.1. The van der Waals surface area contributed by atoms with Crippen molar-refractivity contribution in [2.45, 2.75) is 27.3 Å². The van der Waals surface area contributed by atoms with Crippen molar-refractivity contribution in [2.75, 3.05) is 13.1 Å². The number of aryl methyl sites for hydroxylation is 1. The number of fused-ring (bicyclic) bond motifs is 1. The average Bonchev–Trinajstić information content (AvgIpc) is 2.97. The third kappa shape index (κ3) is 3.14. The van der Waals surface area contributed by atoms with Crippen molar-refractivity contribution in [3.63, 3.8) is 0 Å². The smallest absolute Gasteiger partial charge is 0.262 e. The summed E-state index contributed by atoms with van der Waals surface area (Å²) >= 11 is 0. The lowest BCUT2D eigenvalue weighted by Gasteiger charge is -2.18. The third-order valence-corrected chi connectivity index (χ3v) is 4.52. The molecule has 0 fully saturated rings. The van der Waals surface area contributed by atoms with Crippen LogP contribution in [-0.2, 0) is 6.54 Å². The van der Waals surface area contributed by atoms with Gasteiger partial charge in [-0.1, -0.05) is 12.1 Å². The van der Waals surface area contributed by atoms with Crippen LogP contribution in [0.1, 0.15) is 35.5 Å². The highest BCUT2D eigenvalue weighted by molar-refractivity contribution is 6.06. The van der Waals surface area contributed by atoms with Crippen LogP contribution in [0.2, 0.25) is 0 Å². The quantitative estimate of drug-likeness (QED) is 0.702. The molecule has 6 heteroatoms. The number of hydrogen-bond acceptors (Lipinski definition) is 3. The molecule has 1 amide bonds. The molecule has 0 spiro atoms. The van der Waals surface area contributed by atoms with Crippen LogP contribution in [0.4, 0.5) is 4.39 Å². The van der Waals surface area contributed by atoms with E-state index < -0.39 is 0 Å². The summed E-state index contributed by atoms with van der Waals surface area (Å²) in [4.78, 5) is 27.5. The van der Waals surface area contributed by atoms with Gasteiger partial charge in [0.1, 0.15) is 17.2 Å². The molecule has 0 bridgehead atoms. The summed E-state index contributed by atoms with van der Waals surface area (Å²) in [5.74, 6) is -0.0921. The molecule has 3 rings (SSSR count). The number of aromatic nitrogens is 1. The van der Waals surface area contributed by atoms with Crippen molar-refractivity contribution in [2.24, 2.45) is 0 Å². The predicted molar refractivity (Wildman–Crippen MR) is 98.0 cm³/mol. The summed E-state index contributed by atoms with van der Waals surface area (Å²) in [7, 11) is 0. The summed E-state index contributed by atoms with van der Waals surface area (Å²) in [6.45, 7) is 6.88. The molecule has 3 aromatic rings. The van der Waals surface area contributed by atoms with Gasteiger partial charge in [-0.15, -0.1) is 0 Å². The minimum absolute atomic E-state index is 0.206. The van der Waals surface area contributed by atoms with Crippen LogP contribution >= 0.6 is 0 Å². The van der Waals surface area contributed by atoms with E-state index in [1.54, 1.807) is 36.2 Å². The van der Waals surface area contributed by atoms with Gasteiger partial charge in [-0.05, 0) is 44.5 Å². The lowest BCUT2D eigenvalue weighted by Crippen LogP contribution is -2.32. The SMILES string of the molecule is CCN(CC)C(=O)c1c(C)oc2ccn(Cc3ccc(F)cc3)c(=O)c12. The van der Waals surface area contributed by atoms with Gasteiger partial charge in [-0.25, -0.2) is 4.39 Å². The fraction of sp³-hybridized carbons (Fsp3) is 0.300. The number of amides is 1. The molecular weight excluding hydrogens is 335 g/mol. The molecule has 0 atom stereocenters. The summed E-state index contributed by atoms with van der Waals surface area (Å²) in [6, 6.07) is 7.67. The zero-order valence-electron chi connectivity index (χ0n) is 15.1. The van der Waals surface area contributed by atoms with E-state index in [1.165, 1.54) is 16.7 Å². The Kier molecular flexibility index (Phi) is 4.93. The second-order valence-corrected chi connectivity index (χ2v) is 6.13. The number of pyridine rings is 1. The molecule has 26 heavy (non-hydrogen) atoms. The van der Waals surface area contributed by atoms with E-state index in [9.17, 15) is 14.0 Å². The molecular formula is C20H21FN2O3. The summed E-state index contributed by atoms with van der Waals surface area (Å²) in [5, 5.41) is 0.295. The van der Waals surface area contributed by atoms with Gasteiger partial charge < -0.3 is 13.9 Å². The van der Waals surface area contributed by atoms with E-state index in [0.29, 0.717) is 35.4 Å². The molecule has 5 nitrogen and oxygen atoms in total. The van der Waals surface area contributed by atoms with Gasteiger partial charge >= 0.3 is 0 Å². The minimum Gasteiger partial charge on any atom is -0.460 e. The lowest BCUT2D eigenvalue weighted by molar-refractivity contribution is 0.0773. The highest BCUT2D eigenvalue weighted by Gasteiger charge is 2.24. The largest absolute Gasteiger partial charge is 0.460 e. The molecule has 0 aliphatic carbocycles. The Morgan fingerprint density at radius 3 is 2.42 bits per heavy atom. The topological polar surface area (TPSA) is 55.5 Å². The molecule has 0 unspecified atom stereocenters. The lowest BCUT2D eigenvalue weighted by atomic mass is 10.1. The number of carbonyl (C=O) groups is 1. The van der Waals surface area contributed by atoms with E-state index in [1.807, 2.05) is 13.8 Å². The highest BCUT2D eigenvalue weighted by atomic mass is 19.1. The van der Waals surface area contributed by atoms with Crippen molar-refractivity contribution in [1.29, 1.82) is 0 Å². The number of furan rings is 1. The first kappa shape index (κ1) is 17.9. The van der Waals surface area contributed by atoms with E-state index >= 15 is 0 Å². The number of halogens is 1. The van der Waals surface area contributed by atoms with Crippen molar-refractivity contribution in [3.8, 4) is 0 Å². The van der Waals surface area contributed by atoms with Crippen LogP contribution in [0, 0.1) is 12.7 Å². The number of carbonyl (C=O) groups excluding carboxylic acids is 1. The molecule has 0 saturated heterocycles. The second-order valence-electron chi connectivity index (χ2n) is 6.13. The first-order valence-corrected chi connectivity index (χ1v) is 8.62. The Labute approximate surface area is 150 Å². The molecule has 0 saturated carbocycles. The van der Waals surface area contributed by atoms with Crippen molar-refractivity contribution >= 4 is 16.9 Å². The van der Waals surface area contributed by atoms with Crippen LogP contribution < -0.4 is 5.56 Å². The Morgan fingerprint density at radius 1 is 1.15 bits per heavy atom. The Bertz CT molecular complexity index is 998. The van der Waals surface area contributed by atoms with Gasteiger partial charge in [0.25, 0.3) is 11.5 Å². The Hall–Kier alpha value is -2.89. The molecule has 0 aliphatic rings. The minimum atomic E-state index is -0.325. The average molecular weight is 356 g/mol. The van der Waals surface area contributed by atoms with Crippen molar-refractivity contribution in [1.82, 2.24) is 9.47 Å². The van der Waals surface area contributed by atoms with Crippen LogP contribution in [0.3, 0.4) is 0 Å². The first-order valence-electron chi connectivity index (χ1n) is 8.62. The van der Waals surface area contributed by atoms with E-state index in [2.05, 4.69) is 0 Å². The van der Waals surface area contributed by atoms with Gasteiger partial charge in [0.15, 0.2) is 0 Å². The maximum Gasteiger partial charge on any atom is 0.262 e. The fourth-order valence-electron chi connectivity index (χ4n) is 3.10. The van der Waals surface area contributed by atoms with Gasteiger partial charge in [0.2, 0.25) is 0 Å². The third-order valence-electron chi connectivity index (χ3n) is 4.52. The van der Waals surface area contributed by atoms with Crippen LogP contribution in [0.5, 0.6) is 0 Å². The number of benzene rings is 1. The van der Waals surface area contributed by atoms with E-state index in [4.69, 9.17) is 4.42 Å². The highest BCUT2D eigenvalue weighted by Crippen LogP contribution is 2.24. The first-order chi connectivity index (χ1) is 12.5. The number of hydrogen-bond donors (Lipinski definition) is 0. The predicted octanol–water partition coefficient (Wildman–Crippen LogP) is 3.57. The second kappa shape index (κ2) is 7.15. The summed E-state index contributed by atoms with van der Waals surface area (Å²) in [5.41, 5.74) is 1.23. The maximum absolute atomic E-state index is 13.1. The van der Waals surface area contributed by atoms with Gasteiger partial charge in [-0.2, -0.15) is 0 Å². The van der Waals surface area contributed by atoms with Gasteiger partial charge in [0.05, 0.1) is 17.5 Å². The van der Waals surface area contributed by atoms with Crippen molar-refractivity contribution in [3.05, 3.63) is 69.6 Å². The maximum atomic E-state index is 13.1. The zero-order chi connectivity index (χ0) is 18.8. The van der Waals surface area contributed by atoms with Gasteiger partial charge in [0, 0.05) is 19.3 Å². The molecule has 136 valence electrons. The Morgan fingerprint density at radius 2 is 1.81 bits per heavy atom. The van der Waals surface area contributed by atoms with Crippen LogP contribution in [-0.4, -0.2) is 28.5 Å². The van der Waals surface area contributed by atoms with Crippen LogP contribution in [0.25, 0.3) is 11.0 Å². The van der Waals surface area contributed by atoms with E-state index in [0.717, 1.165) is 5.56 Å². The molecule has 1 aromatic carbocycles. The molecule has 2 heterocycles. The zero-order valence-corrected chi connectivity index (χ0v) is 15.1. The number of nitrogens with zero attached hydrogens (tertiary/aromatic N) is 2. The summed E-state index contributed by atoms with van der Waals surface area (Å²) < 4.78 is 20.2. The standard InChI is InChI=1S/C20H21FN2O3/c1-4-22(5-2)19(24)17-13(3)26-16-10-11-23(20(25)18(16)17)12-14-6-8-15(21)9-7-14/h6-11H,4-5,12H2,1-3H3. The van der Waals surface area contributed by atoms with Crippen LogP contribution in [0.15, 0.2) is 45.7 Å². The molecule has 0 N–H and O–H groups in total. The number of rotatable bonds is 5. The van der Waals surface area contributed by atoms with E-state index in [-0.39, 0.29) is 23.8 Å². The van der Waals surface area contributed by atoms with Gasteiger partial charge in [-0.3, -0.25) is 9.59 Å². The monoisotopic (exact) mass is 356 g/mol. The van der Waals surface area contributed by atoms with Crippen molar-refractivity contribution < 1.29 is 13.6 Å². The molecule has 2 aromatic heterocycles. The molecule has 0 radical (unpaired) electrons.